The van der Waals surface area contributed by atoms with Gasteiger partial charge in [0.25, 0.3) is 0 Å². The number of likely N-dealkylation sites (tertiary alicyclic amines) is 1. The van der Waals surface area contributed by atoms with Crippen LogP contribution in [0.4, 0.5) is 13.2 Å². The third kappa shape index (κ3) is 6.40. The van der Waals surface area contributed by atoms with Gasteiger partial charge in [-0.15, -0.1) is 13.2 Å². The van der Waals surface area contributed by atoms with Gasteiger partial charge >= 0.3 is 6.36 Å². The van der Waals surface area contributed by atoms with Gasteiger partial charge < -0.3 is 19.7 Å². The summed E-state index contributed by atoms with van der Waals surface area (Å²) < 4.78 is 46.0. The summed E-state index contributed by atoms with van der Waals surface area (Å²) in [6, 6.07) is 14.5. The smallest absolute Gasteiger partial charge is 0.492 e. The molecule has 0 radical (unpaired) electrons. The Labute approximate surface area is 171 Å². The number of carbonyl (C=O) groups excluding carboxylic acids is 2. The number of nitrogens with one attached hydrogen (secondary N) is 1. The number of nitrogens with zero attached hydrogens (tertiary/aromatic N) is 1. The summed E-state index contributed by atoms with van der Waals surface area (Å²) in [6.45, 7) is 1.10. The molecule has 1 heterocycles. The third-order valence-corrected chi connectivity index (χ3v) is 4.53. The molecule has 0 aliphatic carbocycles. The zero-order valence-electron chi connectivity index (χ0n) is 16.0. The molecule has 0 unspecified atom stereocenters. The van der Waals surface area contributed by atoms with E-state index in [0.717, 1.165) is 0 Å². The van der Waals surface area contributed by atoms with Gasteiger partial charge in [-0.3, -0.25) is 9.59 Å². The van der Waals surface area contributed by atoms with E-state index in [1.54, 1.807) is 0 Å². The topological polar surface area (TPSA) is 67.9 Å². The molecule has 1 fully saturated rings. The molecule has 2 aromatic rings. The largest absolute Gasteiger partial charge is 0.573 e. The highest BCUT2D eigenvalue weighted by Crippen LogP contribution is 2.24. The lowest BCUT2D eigenvalue weighted by Crippen LogP contribution is -2.35. The van der Waals surface area contributed by atoms with Crippen molar-refractivity contribution in [3.05, 3.63) is 60.2 Å². The minimum atomic E-state index is -4.75. The summed E-state index contributed by atoms with van der Waals surface area (Å²) in [5.74, 6) is -0.487. The van der Waals surface area contributed by atoms with Crippen LogP contribution >= 0.6 is 0 Å². The number of amides is 2. The Morgan fingerprint density at radius 3 is 2.43 bits per heavy atom. The van der Waals surface area contributed by atoms with Crippen molar-refractivity contribution < 1.29 is 32.2 Å². The molecule has 0 saturated carbocycles. The molecule has 160 valence electrons. The van der Waals surface area contributed by atoms with Crippen molar-refractivity contribution >= 4 is 11.8 Å². The zero-order valence-corrected chi connectivity index (χ0v) is 16.0. The van der Waals surface area contributed by atoms with Gasteiger partial charge in [0.05, 0.1) is 12.5 Å². The van der Waals surface area contributed by atoms with Gasteiger partial charge in [-0.1, -0.05) is 30.3 Å². The van der Waals surface area contributed by atoms with Crippen molar-refractivity contribution in [2.75, 3.05) is 19.7 Å². The van der Waals surface area contributed by atoms with Crippen LogP contribution in [0.2, 0.25) is 0 Å². The van der Waals surface area contributed by atoms with E-state index < -0.39 is 12.3 Å². The molecule has 1 saturated heterocycles. The van der Waals surface area contributed by atoms with Crippen LogP contribution in [0.5, 0.6) is 11.5 Å². The number of halogens is 3. The van der Waals surface area contributed by atoms with Crippen molar-refractivity contribution in [2.45, 2.75) is 19.3 Å². The van der Waals surface area contributed by atoms with Crippen molar-refractivity contribution in [2.24, 2.45) is 5.92 Å². The SMILES string of the molecule is O=C(NCCOc1ccccc1)[C@H]1CC(=O)N(Cc2ccc(OC(F)(F)F)cc2)C1. The van der Waals surface area contributed by atoms with Crippen molar-refractivity contribution in [1.29, 1.82) is 0 Å². The molecule has 2 aromatic carbocycles. The minimum Gasteiger partial charge on any atom is -0.492 e. The number of rotatable bonds is 8. The summed E-state index contributed by atoms with van der Waals surface area (Å²) in [4.78, 5) is 26.0. The summed E-state index contributed by atoms with van der Waals surface area (Å²) in [7, 11) is 0. The van der Waals surface area contributed by atoms with Gasteiger partial charge in [0.15, 0.2) is 0 Å². The molecule has 0 aromatic heterocycles. The maximum Gasteiger partial charge on any atom is 0.573 e. The molecule has 9 heteroatoms. The van der Waals surface area contributed by atoms with Gasteiger partial charge in [-0.2, -0.15) is 0 Å². The van der Waals surface area contributed by atoms with E-state index in [9.17, 15) is 22.8 Å². The van der Waals surface area contributed by atoms with Gasteiger partial charge in [-0.05, 0) is 29.8 Å². The maximum atomic E-state index is 12.3. The zero-order chi connectivity index (χ0) is 21.6. The predicted octanol–water partition coefficient (Wildman–Crippen LogP) is 3.13. The minimum absolute atomic E-state index is 0.0979. The second-order valence-electron chi connectivity index (χ2n) is 6.82. The number of alkyl halides is 3. The van der Waals surface area contributed by atoms with Gasteiger partial charge in [0.1, 0.15) is 18.1 Å². The van der Waals surface area contributed by atoms with Crippen LogP contribution in [-0.2, 0) is 16.1 Å². The van der Waals surface area contributed by atoms with Crippen LogP contribution in [0.15, 0.2) is 54.6 Å². The second kappa shape index (κ2) is 9.51. The molecule has 0 spiro atoms. The molecular weight excluding hydrogens is 401 g/mol. The molecule has 1 atom stereocenters. The standard InChI is InChI=1S/C21H21F3N2O4/c22-21(23,24)30-18-8-6-15(7-9-18)13-26-14-16(12-19(26)27)20(28)25-10-11-29-17-4-2-1-3-5-17/h1-9,16H,10-14H2,(H,25,28)/t16-/m0/s1. The van der Waals surface area contributed by atoms with Gasteiger partial charge in [0, 0.05) is 19.5 Å². The molecule has 30 heavy (non-hydrogen) atoms. The van der Waals surface area contributed by atoms with Crippen LogP contribution < -0.4 is 14.8 Å². The Morgan fingerprint density at radius 1 is 1.07 bits per heavy atom. The van der Waals surface area contributed by atoms with Crippen LogP contribution in [0.25, 0.3) is 0 Å². The molecule has 0 bridgehead atoms. The van der Waals surface area contributed by atoms with Crippen molar-refractivity contribution in [1.82, 2.24) is 10.2 Å². The number of hydrogen-bond acceptors (Lipinski definition) is 4. The van der Waals surface area contributed by atoms with Gasteiger partial charge in [-0.25, -0.2) is 0 Å². The van der Waals surface area contributed by atoms with E-state index in [1.807, 2.05) is 30.3 Å². The number of benzene rings is 2. The first kappa shape index (κ1) is 21.5. The Balaban J connectivity index is 1.43. The molecule has 6 nitrogen and oxygen atoms in total. The molecular formula is C21H21F3N2O4. The number of carbonyl (C=O) groups is 2. The van der Waals surface area contributed by atoms with E-state index in [2.05, 4.69) is 10.1 Å². The van der Waals surface area contributed by atoms with Crippen LogP contribution in [0.3, 0.4) is 0 Å². The van der Waals surface area contributed by atoms with Crippen LogP contribution in [0, 0.1) is 5.92 Å². The van der Waals surface area contributed by atoms with E-state index in [-0.39, 0.29) is 37.1 Å². The average Bonchev–Trinajstić information content (AvgIpc) is 3.07. The highest BCUT2D eigenvalue weighted by Gasteiger charge is 2.34. The fourth-order valence-corrected chi connectivity index (χ4v) is 3.12. The van der Waals surface area contributed by atoms with Crippen molar-refractivity contribution in [3.63, 3.8) is 0 Å². The Morgan fingerprint density at radius 2 is 1.77 bits per heavy atom. The molecule has 2 amide bonds. The summed E-state index contributed by atoms with van der Waals surface area (Å²) in [5.41, 5.74) is 0.648. The number of ether oxygens (including phenoxy) is 2. The third-order valence-electron chi connectivity index (χ3n) is 4.53. The number of para-hydroxylation sites is 1. The molecule has 3 rings (SSSR count). The van der Waals surface area contributed by atoms with Gasteiger partial charge in [0.2, 0.25) is 11.8 Å². The van der Waals surface area contributed by atoms with Crippen LogP contribution in [0.1, 0.15) is 12.0 Å². The lowest BCUT2D eigenvalue weighted by Gasteiger charge is -2.17. The average molecular weight is 422 g/mol. The van der Waals surface area contributed by atoms with E-state index in [4.69, 9.17) is 4.74 Å². The summed E-state index contributed by atoms with van der Waals surface area (Å²) >= 11 is 0. The highest BCUT2D eigenvalue weighted by molar-refractivity contribution is 5.89. The van der Waals surface area contributed by atoms with E-state index in [0.29, 0.717) is 24.5 Å². The lowest BCUT2D eigenvalue weighted by molar-refractivity contribution is -0.274. The highest BCUT2D eigenvalue weighted by atomic mass is 19.4. The van der Waals surface area contributed by atoms with E-state index in [1.165, 1.54) is 29.2 Å². The summed E-state index contributed by atoms with van der Waals surface area (Å²) in [6.07, 6.45) is -4.65. The Kier molecular flexibility index (Phi) is 6.81. The number of hydrogen-bond donors (Lipinski definition) is 1. The first-order chi connectivity index (χ1) is 14.3. The first-order valence-corrected chi connectivity index (χ1v) is 9.38. The quantitative estimate of drug-likeness (QED) is 0.664. The molecule has 1 aliphatic rings. The molecule has 1 N–H and O–H groups in total. The summed E-state index contributed by atoms with van der Waals surface area (Å²) in [5, 5.41) is 2.76. The predicted molar refractivity (Wildman–Crippen MR) is 102 cm³/mol. The normalized spacial score (nSPS) is 16.4. The Hall–Kier alpha value is -3.23. The fraction of sp³-hybridized carbons (Fsp3) is 0.333. The van der Waals surface area contributed by atoms with Crippen LogP contribution in [-0.4, -0.2) is 42.8 Å². The lowest BCUT2D eigenvalue weighted by atomic mass is 10.1. The first-order valence-electron chi connectivity index (χ1n) is 9.38. The maximum absolute atomic E-state index is 12.3. The fourth-order valence-electron chi connectivity index (χ4n) is 3.12. The second-order valence-corrected chi connectivity index (χ2v) is 6.82. The van der Waals surface area contributed by atoms with Crippen molar-refractivity contribution in [3.8, 4) is 11.5 Å². The molecule has 1 aliphatic heterocycles. The van der Waals surface area contributed by atoms with E-state index >= 15 is 0 Å². The monoisotopic (exact) mass is 422 g/mol. The Bertz CT molecular complexity index is 857.